The second-order valence-electron chi connectivity index (χ2n) is 16.9. The second-order valence-corrected chi connectivity index (χ2v) is 85.9. The smallest absolute Gasteiger partial charge is 0.171 e. The van der Waals surface area contributed by atoms with Crippen LogP contribution >= 0.6 is 0 Å². The lowest BCUT2D eigenvalue weighted by atomic mass is 10.1. The van der Waals surface area contributed by atoms with Crippen LogP contribution in [0.3, 0.4) is 0 Å². The maximum atomic E-state index is 7.40. The van der Waals surface area contributed by atoms with Crippen molar-refractivity contribution in [1.29, 1.82) is 0 Å². The zero-order valence-electron chi connectivity index (χ0n) is 27.2. The van der Waals surface area contributed by atoms with Crippen LogP contribution in [0.25, 0.3) is 0 Å². The Bertz CT molecular complexity index is 764. The van der Waals surface area contributed by atoms with Gasteiger partial charge >= 0.3 is 0 Å². The molecule has 0 aromatic heterocycles. The molecular weight excluding hydrogens is 557 g/mol. The van der Waals surface area contributed by atoms with Crippen LogP contribution in [0.2, 0.25) is 83.1 Å². The second kappa shape index (κ2) is 8.95. The minimum absolute atomic E-state index is 0.0526. The van der Waals surface area contributed by atoms with Crippen LogP contribution in [0, 0.1) is 0 Å². The normalized spacial score (nSPS) is 42.3. The summed E-state index contributed by atoms with van der Waals surface area (Å²) in [5, 5.41) is 0. The van der Waals surface area contributed by atoms with E-state index in [-0.39, 0.29) is 16.8 Å². The predicted octanol–water partition coefficient (Wildman–Crippen LogP) is 8.37. The van der Waals surface area contributed by atoms with Gasteiger partial charge in [0.2, 0.25) is 0 Å². The van der Waals surface area contributed by atoms with Crippen molar-refractivity contribution in [3.8, 4) is 0 Å². The van der Waals surface area contributed by atoms with Crippen LogP contribution in [0.4, 0.5) is 0 Å². The summed E-state index contributed by atoms with van der Waals surface area (Å²) in [4.78, 5) is 0. The highest BCUT2D eigenvalue weighted by Gasteiger charge is 2.82. The molecule has 3 heterocycles. The van der Waals surface area contributed by atoms with E-state index in [2.05, 4.69) is 107 Å². The fourth-order valence-electron chi connectivity index (χ4n) is 10.3. The standard InChI is InChI=1S/C26H62O3Si7/c1-17-36(33(14)21-18-24(2,3)27-30(33,8)9,34(15)22-19-25(4,5)28-31(34,10)11)35(16)23-20-26(6,7)29-32(35,12)13/h17-23H2,1-16H3. The first-order chi connectivity index (χ1) is 15.8. The molecule has 36 heavy (non-hydrogen) atoms. The minimum atomic E-state index is -1.89. The van der Waals surface area contributed by atoms with E-state index in [1.165, 1.54) is 43.4 Å². The lowest BCUT2D eigenvalue weighted by Crippen LogP contribution is -3.01. The molecule has 0 radical (unpaired) electrons. The fourth-order valence-corrected chi connectivity index (χ4v) is 251. The Balaban J connectivity index is 2.41. The van der Waals surface area contributed by atoms with Gasteiger partial charge in [-0.05, 0) is 100 Å². The van der Waals surface area contributed by atoms with Gasteiger partial charge in [-0.1, -0.05) is 50.7 Å². The molecule has 212 valence electrons. The van der Waals surface area contributed by atoms with Crippen molar-refractivity contribution >= 4 is 51.5 Å². The maximum Gasteiger partial charge on any atom is 0.171 e. The van der Waals surface area contributed by atoms with Gasteiger partial charge in [-0.3, -0.25) is 0 Å². The maximum absolute atomic E-state index is 7.40. The van der Waals surface area contributed by atoms with E-state index in [9.17, 15) is 0 Å². The fraction of sp³-hybridized carbons (Fsp3) is 1.00. The molecule has 3 aliphatic rings. The SMILES string of the molecule is CC[Si]([Si]1(C)CCC(C)(C)O[Si]1(C)C)([Si]1(C)CCC(C)(C)O[Si]1(C)C)[Si]1(C)CCC(C)(C)O[Si]1(C)C. The average molecular weight is 619 g/mol. The predicted molar refractivity (Wildman–Crippen MR) is 177 cm³/mol. The van der Waals surface area contributed by atoms with Crippen molar-refractivity contribution < 1.29 is 13.3 Å². The number of rotatable bonds is 4. The van der Waals surface area contributed by atoms with Gasteiger partial charge in [0.15, 0.2) is 23.5 Å². The zero-order chi connectivity index (χ0) is 28.1. The molecule has 0 aromatic carbocycles. The lowest BCUT2D eigenvalue weighted by molar-refractivity contribution is 0.0938. The van der Waals surface area contributed by atoms with E-state index in [0.29, 0.717) is 0 Å². The first-order valence-electron chi connectivity index (χ1n) is 14.9. The monoisotopic (exact) mass is 618 g/mol. The molecule has 0 spiro atoms. The third kappa shape index (κ3) is 4.42. The molecule has 0 N–H and O–H groups in total. The van der Waals surface area contributed by atoms with E-state index >= 15 is 0 Å². The van der Waals surface area contributed by atoms with Gasteiger partial charge in [0, 0.05) is 6.63 Å². The molecule has 3 fully saturated rings. The molecule has 0 amide bonds. The molecule has 3 aliphatic heterocycles. The molecule has 10 heteroatoms. The van der Waals surface area contributed by atoms with Gasteiger partial charge in [-0.15, -0.1) is 0 Å². The Morgan fingerprint density at radius 3 is 0.889 bits per heavy atom. The first-order valence-corrected chi connectivity index (χ1v) is 40.0. The number of hydrogen-bond donors (Lipinski definition) is 0. The molecule has 3 unspecified atom stereocenters. The Kier molecular flexibility index (Phi) is 7.93. The van der Waals surface area contributed by atoms with Crippen LogP contribution < -0.4 is 0 Å². The van der Waals surface area contributed by atoms with Crippen LogP contribution in [-0.4, -0.2) is 68.3 Å². The molecular formula is C26H62O3Si7. The molecule has 3 nitrogen and oxygen atoms in total. The van der Waals surface area contributed by atoms with E-state index < -0.39 is 51.5 Å². The molecule has 3 atom stereocenters. The van der Waals surface area contributed by atoms with Gasteiger partial charge in [0.05, 0.1) is 38.1 Å². The average Bonchev–Trinajstić information content (AvgIpc) is 2.65. The van der Waals surface area contributed by atoms with E-state index in [1.54, 1.807) is 0 Å². The van der Waals surface area contributed by atoms with Crippen molar-refractivity contribution in [3.63, 3.8) is 0 Å². The topological polar surface area (TPSA) is 27.7 Å². The number of hydrogen-bond acceptors (Lipinski definition) is 3. The summed E-state index contributed by atoms with van der Waals surface area (Å²) in [5.74, 6) is 0. The van der Waals surface area contributed by atoms with Gasteiger partial charge in [-0.2, -0.15) is 0 Å². The van der Waals surface area contributed by atoms with Crippen molar-refractivity contribution in [1.82, 2.24) is 0 Å². The Morgan fingerprint density at radius 1 is 0.500 bits per heavy atom. The first kappa shape index (κ1) is 31.9. The third-order valence-corrected chi connectivity index (χ3v) is 155. The summed E-state index contributed by atoms with van der Waals surface area (Å²) in [6, 6.07) is 6.06. The molecule has 0 saturated carbocycles. The van der Waals surface area contributed by atoms with Crippen molar-refractivity contribution in [2.75, 3.05) is 0 Å². The van der Waals surface area contributed by atoms with Gasteiger partial charge in [0.25, 0.3) is 0 Å². The highest BCUT2D eigenvalue weighted by molar-refractivity contribution is 8.09. The molecule has 0 bridgehead atoms. The summed E-state index contributed by atoms with van der Waals surface area (Å²) >= 11 is 0. The molecule has 3 rings (SSSR count). The van der Waals surface area contributed by atoms with Crippen LogP contribution in [-0.2, 0) is 13.3 Å². The summed E-state index contributed by atoms with van der Waals surface area (Å²) in [5.41, 5.74) is 0.158. The van der Waals surface area contributed by atoms with Crippen molar-refractivity contribution in [2.45, 2.75) is 168 Å². The van der Waals surface area contributed by atoms with Gasteiger partial charge in [0.1, 0.15) is 0 Å². The van der Waals surface area contributed by atoms with Crippen LogP contribution in [0.5, 0.6) is 0 Å². The highest BCUT2D eigenvalue weighted by atomic mass is 30.2. The Morgan fingerprint density at radius 2 is 0.722 bits per heavy atom. The quantitative estimate of drug-likeness (QED) is 0.296. The van der Waals surface area contributed by atoms with Gasteiger partial charge in [-0.25, -0.2) is 0 Å². The Labute approximate surface area is 231 Å². The molecule has 0 aromatic rings. The highest BCUT2D eigenvalue weighted by Crippen LogP contribution is 2.59. The summed E-state index contributed by atoms with van der Waals surface area (Å²) in [6.45, 7) is 40.2. The summed E-state index contributed by atoms with van der Waals surface area (Å²) in [6.07, 6.45) is 3.83. The third-order valence-electron chi connectivity index (χ3n) is 12.6. The Hall–Kier alpha value is 1.40. The van der Waals surface area contributed by atoms with Crippen LogP contribution in [0.15, 0.2) is 0 Å². The lowest BCUT2D eigenvalue weighted by Gasteiger charge is -2.74. The van der Waals surface area contributed by atoms with Crippen LogP contribution in [0.1, 0.15) is 67.7 Å². The minimum Gasteiger partial charge on any atom is -0.415 e. The van der Waals surface area contributed by atoms with Gasteiger partial charge < -0.3 is 13.3 Å². The molecule has 0 aliphatic carbocycles. The molecule has 3 saturated heterocycles. The van der Waals surface area contributed by atoms with Crippen molar-refractivity contribution in [3.05, 3.63) is 0 Å². The van der Waals surface area contributed by atoms with E-state index in [0.717, 1.165) is 0 Å². The largest absolute Gasteiger partial charge is 0.415 e. The van der Waals surface area contributed by atoms with E-state index in [4.69, 9.17) is 13.3 Å². The zero-order valence-corrected chi connectivity index (χ0v) is 34.2. The summed E-state index contributed by atoms with van der Waals surface area (Å²) in [7, 11) is -10.9. The van der Waals surface area contributed by atoms with Crippen molar-refractivity contribution in [2.24, 2.45) is 0 Å². The summed E-state index contributed by atoms with van der Waals surface area (Å²) < 4.78 is 22.2. The van der Waals surface area contributed by atoms with E-state index in [1.807, 2.05) is 0 Å².